The van der Waals surface area contributed by atoms with E-state index < -0.39 is 0 Å². The summed E-state index contributed by atoms with van der Waals surface area (Å²) in [5.41, 5.74) is 8.55. The van der Waals surface area contributed by atoms with Crippen LogP contribution in [-0.4, -0.2) is 16.7 Å². The van der Waals surface area contributed by atoms with Crippen molar-refractivity contribution in [2.75, 3.05) is 5.88 Å². The van der Waals surface area contributed by atoms with E-state index in [1.54, 1.807) is 18.2 Å². The van der Waals surface area contributed by atoms with E-state index in [1.807, 2.05) is 24.3 Å². The van der Waals surface area contributed by atoms with E-state index in [0.717, 1.165) is 5.56 Å². The fourth-order valence-electron chi connectivity index (χ4n) is 1.93. The van der Waals surface area contributed by atoms with Crippen molar-refractivity contribution in [3.05, 3.63) is 47.5 Å². The van der Waals surface area contributed by atoms with Gasteiger partial charge in [0.1, 0.15) is 11.4 Å². The number of oxazole rings is 1. The van der Waals surface area contributed by atoms with Gasteiger partial charge in [0, 0.05) is 10.6 Å². The molecular weight excluding hydrogens is 309 g/mol. The van der Waals surface area contributed by atoms with Gasteiger partial charge in [-0.2, -0.15) is 0 Å². The molecule has 0 bridgehead atoms. The van der Waals surface area contributed by atoms with Gasteiger partial charge in [0.05, 0.1) is 11.6 Å². The average Bonchev–Trinajstić information content (AvgIpc) is 2.90. The summed E-state index contributed by atoms with van der Waals surface area (Å²) in [7, 11) is 0. The molecule has 0 radical (unpaired) electrons. The Morgan fingerprint density at radius 1 is 1.24 bits per heavy atom. The maximum absolute atomic E-state index is 5.95. The molecule has 0 amide bonds. The zero-order valence-corrected chi connectivity index (χ0v) is 12.4. The summed E-state index contributed by atoms with van der Waals surface area (Å²) >= 11 is 11.6. The van der Waals surface area contributed by atoms with E-state index in [0.29, 0.717) is 33.5 Å². The number of aliphatic imine (C=N–C) groups is 1. The molecule has 1 heterocycles. The first kappa shape index (κ1) is 13.9. The average molecular weight is 320 g/mol. The molecule has 0 spiro atoms. The van der Waals surface area contributed by atoms with Crippen molar-refractivity contribution in [2.24, 2.45) is 10.7 Å². The van der Waals surface area contributed by atoms with Crippen molar-refractivity contribution in [1.29, 1.82) is 0 Å². The summed E-state index contributed by atoms with van der Waals surface area (Å²) in [5.74, 6) is 1.05. The lowest BCUT2D eigenvalue weighted by molar-refractivity contribution is 0.620. The van der Waals surface area contributed by atoms with Crippen LogP contribution in [0.2, 0.25) is 5.02 Å². The van der Waals surface area contributed by atoms with Gasteiger partial charge in [-0.25, -0.2) is 9.98 Å². The van der Waals surface area contributed by atoms with Gasteiger partial charge in [-0.1, -0.05) is 17.7 Å². The number of hydrogen-bond acceptors (Lipinski definition) is 3. The molecule has 6 heteroatoms. The number of benzene rings is 2. The van der Waals surface area contributed by atoms with E-state index in [-0.39, 0.29) is 5.88 Å². The van der Waals surface area contributed by atoms with Crippen molar-refractivity contribution in [3.63, 3.8) is 0 Å². The molecule has 0 aliphatic carbocycles. The third-order valence-corrected chi connectivity index (χ3v) is 3.36. The minimum absolute atomic E-state index is 0.186. The van der Waals surface area contributed by atoms with Crippen LogP contribution in [0.5, 0.6) is 0 Å². The highest BCUT2D eigenvalue weighted by Crippen LogP contribution is 2.28. The molecule has 0 unspecified atom stereocenters. The van der Waals surface area contributed by atoms with Crippen LogP contribution >= 0.6 is 23.2 Å². The highest BCUT2D eigenvalue weighted by Gasteiger charge is 2.09. The molecule has 2 aromatic carbocycles. The van der Waals surface area contributed by atoms with E-state index >= 15 is 0 Å². The lowest BCUT2D eigenvalue weighted by atomic mass is 10.2. The van der Waals surface area contributed by atoms with Crippen molar-refractivity contribution >= 4 is 45.8 Å². The Morgan fingerprint density at radius 3 is 2.90 bits per heavy atom. The monoisotopic (exact) mass is 319 g/mol. The topological polar surface area (TPSA) is 64.4 Å². The Labute approximate surface area is 131 Å². The third kappa shape index (κ3) is 3.01. The van der Waals surface area contributed by atoms with Crippen LogP contribution in [-0.2, 0) is 0 Å². The van der Waals surface area contributed by atoms with Crippen LogP contribution in [0.4, 0.5) is 5.69 Å². The number of hydrogen-bond donors (Lipinski definition) is 1. The highest BCUT2D eigenvalue weighted by molar-refractivity contribution is 6.31. The van der Waals surface area contributed by atoms with E-state index in [1.165, 1.54) is 0 Å². The van der Waals surface area contributed by atoms with Gasteiger partial charge in [-0.3, -0.25) is 0 Å². The molecule has 21 heavy (non-hydrogen) atoms. The standard InChI is InChI=1S/C15H11Cl2N3O/c16-8-14(18)19-11-3-1-2-9(6-11)15-20-12-7-10(17)4-5-13(12)21-15/h1-7H,8H2,(H2,18,19). The normalized spacial score (nSPS) is 12.0. The minimum Gasteiger partial charge on any atom is -0.436 e. The lowest BCUT2D eigenvalue weighted by Crippen LogP contribution is -2.12. The van der Waals surface area contributed by atoms with Crippen LogP contribution < -0.4 is 5.73 Å². The molecule has 106 valence electrons. The first-order valence-corrected chi connectivity index (χ1v) is 7.12. The first-order chi connectivity index (χ1) is 10.2. The van der Waals surface area contributed by atoms with Crippen molar-refractivity contribution in [2.45, 2.75) is 0 Å². The van der Waals surface area contributed by atoms with E-state index in [9.17, 15) is 0 Å². The third-order valence-electron chi connectivity index (χ3n) is 2.85. The Morgan fingerprint density at radius 2 is 2.10 bits per heavy atom. The predicted octanol–water partition coefficient (Wildman–Crippen LogP) is 4.38. The molecule has 3 rings (SSSR count). The smallest absolute Gasteiger partial charge is 0.227 e. The van der Waals surface area contributed by atoms with Crippen LogP contribution in [0, 0.1) is 0 Å². The van der Waals surface area contributed by atoms with Crippen molar-refractivity contribution < 1.29 is 4.42 Å². The van der Waals surface area contributed by atoms with Gasteiger partial charge in [0.25, 0.3) is 0 Å². The quantitative estimate of drug-likeness (QED) is 0.442. The molecule has 0 aliphatic heterocycles. The lowest BCUT2D eigenvalue weighted by Gasteiger charge is -1.99. The van der Waals surface area contributed by atoms with Crippen molar-refractivity contribution in [3.8, 4) is 11.5 Å². The summed E-state index contributed by atoms with van der Waals surface area (Å²) in [4.78, 5) is 8.63. The molecule has 1 aromatic heterocycles. The number of halogens is 2. The predicted molar refractivity (Wildman–Crippen MR) is 86.5 cm³/mol. The maximum Gasteiger partial charge on any atom is 0.227 e. The zero-order valence-electron chi connectivity index (χ0n) is 10.9. The molecule has 0 aliphatic rings. The van der Waals surface area contributed by atoms with Gasteiger partial charge in [0.2, 0.25) is 5.89 Å². The van der Waals surface area contributed by atoms with Crippen molar-refractivity contribution in [1.82, 2.24) is 4.98 Å². The molecule has 0 fully saturated rings. The van der Waals surface area contributed by atoms with Gasteiger partial charge in [-0.15, -0.1) is 11.6 Å². The van der Waals surface area contributed by atoms with Gasteiger partial charge in [0.15, 0.2) is 5.58 Å². The summed E-state index contributed by atoms with van der Waals surface area (Å²) < 4.78 is 5.72. The Hall–Kier alpha value is -2.04. The zero-order chi connectivity index (χ0) is 14.8. The Bertz CT molecular complexity index is 827. The number of alkyl halides is 1. The summed E-state index contributed by atoms with van der Waals surface area (Å²) in [5, 5.41) is 0.621. The molecule has 0 saturated carbocycles. The van der Waals surface area contributed by atoms with Gasteiger partial charge >= 0.3 is 0 Å². The number of amidine groups is 1. The number of nitrogens with zero attached hydrogens (tertiary/aromatic N) is 2. The minimum atomic E-state index is 0.186. The fourth-order valence-corrected chi connectivity index (χ4v) is 2.15. The molecule has 2 N–H and O–H groups in total. The first-order valence-electron chi connectivity index (χ1n) is 6.21. The molecule has 0 atom stereocenters. The molecule has 4 nitrogen and oxygen atoms in total. The number of fused-ring (bicyclic) bond motifs is 1. The van der Waals surface area contributed by atoms with Crippen LogP contribution in [0.15, 0.2) is 51.9 Å². The number of aromatic nitrogens is 1. The Balaban J connectivity index is 2.04. The SMILES string of the molecule is NC(CCl)=Nc1cccc(-c2nc3cc(Cl)ccc3o2)c1. The second-order valence-corrected chi connectivity index (χ2v) is 5.12. The Kier molecular flexibility index (Phi) is 3.82. The summed E-state index contributed by atoms with van der Waals surface area (Å²) in [6, 6.07) is 12.7. The van der Waals surface area contributed by atoms with Gasteiger partial charge in [-0.05, 0) is 36.4 Å². The fraction of sp³-hybridized carbons (Fsp3) is 0.0667. The van der Waals surface area contributed by atoms with E-state index in [2.05, 4.69) is 9.98 Å². The molecular formula is C15H11Cl2N3O. The van der Waals surface area contributed by atoms with Gasteiger partial charge < -0.3 is 10.2 Å². The molecule has 0 saturated heterocycles. The second-order valence-electron chi connectivity index (χ2n) is 4.42. The second kappa shape index (κ2) is 5.76. The summed E-state index contributed by atoms with van der Waals surface area (Å²) in [6.45, 7) is 0. The number of rotatable bonds is 3. The van der Waals surface area contributed by atoms with Crippen LogP contribution in [0.25, 0.3) is 22.6 Å². The maximum atomic E-state index is 5.95. The molecule has 3 aromatic rings. The number of nitrogens with two attached hydrogens (primary N) is 1. The van der Waals surface area contributed by atoms with Crippen LogP contribution in [0.1, 0.15) is 0 Å². The summed E-state index contributed by atoms with van der Waals surface area (Å²) in [6.07, 6.45) is 0. The van der Waals surface area contributed by atoms with Crippen LogP contribution in [0.3, 0.4) is 0 Å². The largest absolute Gasteiger partial charge is 0.436 e. The highest BCUT2D eigenvalue weighted by atomic mass is 35.5. The van der Waals surface area contributed by atoms with E-state index in [4.69, 9.17) is 33.4 Å².